The highest BCUT2D eigenvalue weighted by Crippen LogP contribution is 2.30. The molecule has 0 spiro atoms. The Bertz CT molecular complexity index is 681. The summed E-state index contributed by atoms with van der Waals surface area (Å²) < 4.78 is 11.1. The van der Waals surface area contributed by atoms with E-state index in [0.717, 1.165) is 42.9 Å². The maximum atomic E-state index is 6.46. The van der Waals surface area contributed by atoms with Crippen molar-refractivity contribution < 1.29 is 9.47 Å². The van der Waals surface area contributed by atoms with Gasteiger partial charge in [0.1, 0.15) is 5.75 Å². The van der Waals surface area contributed by atoms with E-state index in [9.17, 15) is 0 Å². The van der Waals surface area contributed by atoms with Crippen molar-refractivity contribution in [2.75, 3.05) is 6.61 Å². The fourth-order valence-electron chi connectivity index (χ4n) is 3.15. The molecule has 3 heteroatoms. The van der Waals surface area contributed by atoms with Crippen molar-refractivity contribution in [3.8, 4) is 5.75 Å². The summed E-state index contributed by atoms with van der Waals surface area (Å²) in [7, 11) is 0. The maximum absolute atomic E-state index is 6.46. The predicted molar refractivity (Wildman–Crippen MR) is 81.2 cm³/mol. The molecule has 21 heavy (non-hydrogen) atoms. The van der Waals surface area contributed by atoms with Gasteiger partial charge in [-0.05, 0) is 46.7 Å². The van der Waals surface area contributed by atoms with Crippen LogP contribution in [0.4, 0.5) is 0 Å². The number of benzene rings is 2. The molecule has 2 heterocycles. The van der Waals surface area contributed by atoms with E-state index in [1.54, 1.807) is 0 Å². The normalized spacial score (nSPS) is 17.8. The van der Waals surface area contributed by atoms with Gasteiger partial charge in [-0.1, -0.05) is 30.3 Å². The summed E-state index contributed by atoms with van der Waals surface area (Å²) in [5.41, 5.74) is 12.6. The predicted octanol–water partition coefficient (Wildman–Crippen LogP) is 3.09. The lowest BCUT2D eigenvalue weighted by molar-refractivity contribution is 0.134. The van der Waals surface area contributed by atoms with Crippen molar-refractivity contribution in [3.05, 3.63) is 64.2 Å². The summed E-state index contributed by atoms with van der Waals surface area (Å²) >= 11 is 0. The second-order valence-corrected chi connectivity index (χ2v) is 5.82. The van der Waals surface area contributed by atoms with Gasteiger partial charge in [0.15, 0.2) is 0 Å². The number of hydrogen-bond acceptors (Lipinski definition) is 3. The first-order valence-electron chi connectivity index (χ1n) is 7.52. The first kappa shape index (κ1) is 12.9. The molecule has 3 nitrogen and oxygen atoms in total. The van der Waals surface area contributed by atoms with Gasteiger partial charge in [0.05, 0.1) is 25.9 Å². The van der Waals surface area contributed by atoms with Crippen molar-refractivity contribution in [1.29, 1.82) is 0 Å². The summed E-state index contributed by atoms with van der Waals surface area (Å²) in [6.07, 6.45) is 2.16. The summed E-state index contributed by atoms with van der Waals surface area (Å²) in [6.45, 7) is 2.25. The molecule has 2 aromatic rings. The fourth-order valence-corrected chi connectivity index (χ4v) is 3.15. The molecule has 4 rings (SSSR count). The van der Waals surface area contributed by atoms with Crippen LogP contribution in [0.15, 0.2) is 36.4 Å². The lowest BCUT2D eigenvalue weighted by Gasteiger charge is -2.20. The van der Waals surface area contributed by atoms with Crippen LogP contribution in [0.3, 0.4) is 0 Å². The quantitative estimate of drug-likeness (QED) is 0.920. The number of rotatable bonds is 2. The molecular formula is C18H19NO2. The number of hydrogen-bond donors (Lipinski definition) is 1. The second-order valence-electron chi connectivity index (χ2n) is 5.82. The molecule has 1 atom stereocenters. The monoisotopic (exact) mass is 281 g/mol. The zero-order valence-corrected chi connectivity index (χ0v) is 12.0. The van der Waals surface area contributed by atoms with E-state index < -0.39 is 0 Å². The molecule has 108 valence electrons. The Hall–Kier alpha value is -1.84. The molecular weight excluding hydrogens is 262 g/mol. The van der Waals surface area contributed by atoms with Gasteiger partial charge in [0.2, 0.25) is 0 Å². The van der Waals surface area contributed by atoms with Crippen molar-refractivity contribution >= 4 is 0 Å². The molecule has 2 aromatic carbocycles. The van der Waals surface area contributed by atoms with Gasteiger partial charge in [-0.25, -0.2) is 0 Å². The number of ether oxygens (including phenoxy) is 2. The lowest BCUT2D eigenvalue weighted by Crippen LogP contribution is -2.14. The molecule has 0 fully saturated rings. The number of aryl methyl sites for hydroxylation is 1. The third kappa shape index (κ3) is 2.33. The molecule has 0 radical (unpaired) electrons. The first-order chi connectivity index (χ1) is 10.3. The van der Waals surface area contributed by atoms with Gasteiger partial charge in [0, 0.05) is 0 Å². The summed E-state index contributed by atoms with van der Waals surface area (Å²) in [6, 6.07) is 12.7. The summed E-state index contributed by atoms with van der Waals surface area (Å²) in [5.74, 6) is 1.01. The van der Waals surface area contributed by atoms with E-state index in [1.165, 1.54) is 16.7 Å². The lowest BCUT2D eigenvalue weighted by atomic mass is 9.94. The molecule has 2 aliphatic rings. The minimum Gasteiger partial charge on any atom is -0.493 e. The number of fused-ring (bicyclic) bond motifs is 2. The molecule has 0 saturated heterocycles. The molecule has 2 N–H and O–H groups in total. The van der Waals surface area contributed by atoms with E-state index in [-0.39, 0.29) is 6.04 Å². The zero-order valence-electron chi connectivity index (χ0n) is 12.0. The van der Waals surface area contributed by atoms with Crippen LogP contribution in [0.25, 0.3) is 0 Å². The molecule has 0 amide bonds. The second kappa shape index (κ2) is 5.17. The van der Waals surface area contributed by atoms with Gasteiger partial charge in [0.25, 0.3) is 0 Å². The first-order valence-corrected chi connectivity index (χ1v) is 7.52. The van der Waals surface area contributed by atoms with Gasteiger partial charge in [-0.15, -0.1) is 0 Å². The van der Waals surface area contributed by atoms with Gasteiger partial charge in [-0.3, -0.25) is 0 Å². The van der Waals surface area contributed by atoms with E-state index >= 15 is 0 Å². The van der Waals surface area contributed by atoms with E-state index in [4.69, 9.17) is 15.2 Å². The molecule has 1 unspecified atom stereocenters. The minimum atomic E-state index is -0.0943. The molecule has 0 aliphatic carbocycles. The number of nitrogens with two attached hydrogens (primary N) is 1. The van der Waals surface area contributed by atoms with Crippen LogP contribution in [-0.4, -0.2) is 6.61 Å². The molecule has 2 aliphatic heterocycles. The van der Waals surface area contributed by atoms with E-state index in [2.05, 4.69) is 36.4 Å². The smallest absolute Gasteiger partial charge is 0.122 e. The zero-order chi connectivity index (χ0) is 14.2. The highest BCUT2D eigenvalue weighted by atomic mass is 16.5. The van der Waals surface area contributed by atoms with Crippen LogP contribution in [0.5, 0.6) is 5.75 Å². The summed E-state index contributed by atoms with van der Waals surface area (Å²) in [4.78, 5) is 0. The average Bonchev–Trinajstić information content (AvgIpc) is 3.01. The van der Waals surface area contributed by atoms with Crippen LogP contribution in [0, 0.1) is 0 Å². The van der Waals surface area contributed by atoms with Gasteiger partial charge < -0.3 is 15.2 Å². The van der Waals surface area contributed by atoms with Crippen molar-refractivity contribution in [2.45, 2.75) is 32.1 Å². The van der Waals surface area contributed by atoms with Crippen LogP contribution >= 0.6 is 0 Å². The fraction of sp³-hybridized carbons (Fsp3) is 0.333. The SMILES string of the molecule is NC(c1ccc2c(c1)COC2)c1ccc2c(c1)CCCO2. The Morgan fingerprint density at radius 3 is 2.57 bits per heavy atom. The highest BCUT2D eigenvalue weighted by molar-refractivity contribution is 5.44. The third-order valence-corrected chi connectivity index (χ3v) is 4.40. The minimum absolute atomic E-state index is 0.0943. The Balaban J connectivity index is 1.66. The molecule has 0 aromatic heterocycles. The Labute approximate surface area is 124 Å². The maximum Gasteiger partial charge on any atom is 0.122 e. The largest absolute Gasteiger partial charge is 0.493 e. The average molecular weight is 281 g/mol. The summed E-state index contributed by atoms with van der Waals surface area (Å²) in [5, 5.41) is 0. The van der Waals surface area contributed by atoms with Gasteiger partial charge in [-0.2, -0.15) is 0 Å². The third-order valence-electron chi connectivity index (χ3n) is 4.40. The Morgan fingerprint density at radius 2 is 1.67 bits per heavy atom. The highest BCUT2D eigenvalue weighted by Gasteiger charge is 2.17. The van der Waals surface area contributed by atoms with Crippen LogP contribution in [0.2, 0.25) is 0 Å². The Kier molecular flexibility index (Phi) is 3.17. The Morgan fingerprint density at radius 1 is 0.905 bits per heavy atom. The van der Waals surface area contributed by atoms with E-state index in [1.807, 2.05) is 0 Å². The molecule has 0 saturated carbocycles. The van der Waals surface area contributed by atoms with Crippen molar-refractivity contribution in [1.82, 2.24) is 0 Å². The van der Waals surface area contributed by atoms with Gasteiger partial charge >= 0.3 is 0 Å². The van der Waals surface area contributed by atoms with E-state index in [0.29, 0.717) is 6.61 Å². The van der Waals surface area contributed by atoms with Crippen LogP contribution in [0.1, 0.15) is 40.3 Å². The van der Waals surface area contributed by atoms with Crippen molar-refractivity contribution in [2.24, 2.45) is 5.73 Å². The van der Waals surface area contributed by atoms with Crippen LogP contribution in [-0.2, 0) is 24.4 Å². The standard InChI is InChI=1S/C18H19NO2/c19-18(13-3-4-15-10-20-11-16(15)9-13)14-5-6-17-12(8-14)2-1-7-21-17/h3-6,8-9,18H,1-2,7,10-11,19H2. The van der Waals surface area contributed by atoms with Crippen LogP contribution < -0.4 is 10.5 Å². The van der Waals surface area contributed by atoms with Crippen molar-refractivity contribution in [3.63, 3.8) is 0 Å². The molecule has 0 bridgehead atoms. The topological polar surface area (TPSA) is 44.5 Å².